The number of halogens is 3. The highest BCUT2D eigenvalue weighted by molar-refractivity contribution is 7.95. The highest BCUT2D eigenvalue weighted by Gasteiger charge is 2.25. The molecule has 9 heteroatoms. The molecule has 1 heterocycles. The first kappa shape index (κ1) is 18.5. The van der Waals surface area contributed by atoms with Crippen LogP contribution in [0.25, 0.3) is 0 Å². The monoisotopic (exact) mass is 396 g/mol. The van der Waals surface area contributed by atoms with E-state index in [-0.39, 0.29) is 10.2 Å². The van der Waals surface area contributed by atoms with Crippen LogP contribution in [-0.4, -0.2) is 44.9 Å². The average molecular weight is 398 g/mol. The first-order valence-electron chi connectivity index (χ1n) is 6.76. The summed E-state index contributed by atoms with van der Waals surface area (Å²) < 4.78 is 30.1. The van der Waals surface area contributed by atoms with Gasteiger partial charge in [-0.1, -0.05) is 40.9 Å². The van der Waals surface area contributed by atoms with Gasteiger partial charge in [0.1, 0.15) is 4.49 Å². The van der Waals surface area contributed by atoms with Crippen molar-refractivity contribution in [1.82, 2.24) is 4.90 Å². The van der Waals surface area contributed by atoms with Gasteiger partial charge in [-0.2, -0.15) is 0 Å². The number of aliphatic imine (C=N–C) groups is 1. The quantitative estimate of drug-likeness (QED) is 0.446. The summed E-state index contributed by atoms with van der Waals surface area (Å²) in [7, 11) is -3.96. The zero-order valence-corrected chi connectivity index (χ0v) is 15.4. The Labute approximate surface area is 150 Å². The smallest absolute Gasteiger partial charge is 0.226 e. The van der Waals surface area contributed by atoms with Crippen molar-refractivity contribution in [3.05, 3.63) is 39.3 Å². The summed E-state index contributed by atoms with van der Waals surface area (Å²) in [5.74, 6) is 0. The van der Waals surface area contributed by atoms with Crippen LogP contribution in [-0.2, 0) is 14.6 Å². The van der Waals surface area contributed by atoms with Gasteiger partial charge in [0, 0.05) is 13.1 Å². The third kappa shape index (κ3) is 4.61. The molecule has 126 valence electrons. The van der Waals surface area contributed by atoms with Crippen molar-refractivity contribution in [2.75, 3.05) is 26.3 Å². The molecule has 0 amide bonds. The van der Waals surface area contributed by atoms with Crippen molar-refractivity contribution in [1.29, 1.82) is 0 Å². The number of amidine groups is 1. The van der Waals surface area contributed by atoms with Crippen molar-refractivity contribution in [3.63, 3.8) is 0 Å². The van der Waals surface area contributed by atoms with Crippen LogP contribution in [0.2, 0.25) is 0 Å². The molecule has 0 aliphatic carbocycles. The lowest BCUT2D eigenvalue weighted by atomic mass is 10.2. The fourth-order valence-electron chi connectivity index (χ4n) is 1.94. The Morgan fingerprint density at radius 2 is 1.70 bits per heavy atom. The van der Waals surface area contributed by atoms with E-state index < -0.39 is 19.4 Å². The number of hydrogen-bond acceptors (Lipinski definition) is 4. The molecular formula is C14H15Cl3N2O3S. The maximum absolute atomic E-state index is 12.7. The molecule has 5 nitrogen and oxygen atoms in total. The summed E-state index contributed by atoms with van der Waals surface area (Å²) in [5.41, 5.74) is 0.932. The van der Waals surface area contributed by atoms with Crippen LogP contribution in [0.4, 0.5) is 0 Å². The second-order valence-corrected chi connectivity index (χ2v) is 8.01. The molecule has 0 spiro atoms. The SMILES string of the molecule is Cc1ccc(S(=O)(=O)C(/N=C(\Cl)N2CCOCC2)=C(Cl)Cl)cc1. The summed E-state index contributed by atoms with van der Waals surface area (Å²) in [6.07, 6.45) is 0. The van der Waals surface area contributed by atoms with Gasteiger partial charge in [-0.15, -0.1) is 0 Å². The molecule has 1 aromatic carbocycles. The number of benzene rings is 1. The van der Waals surface area contributed by atoms with Gasteiger partial charge in [0.05, 0.1) is 18.1 Å². The van der Waals surface area contributed by atoms with Gasteiger partial charge in [-0.3, -0.25) is 0 Å². The number of nitrogens with zero attached hydrogens (tertiary/aromatic N) is 2. The van der Waals surface area contributed by atoms with Crippen LogP contribution in [0.15, 0.2) is 43.7 Å². The Kier molecular flexibility index (Phi) is 6.33. The highest BCUT2D eigenvalue weighted by Crippen LogP contribution is 2.28. The fraction of sp³-hybridized carbons (Fsp3) is 0.357. The standard InChI is InChI=1S/C14H15Cl3N2O3S/c1-10-2-4-11(5-3-10)23(20,21)13(12(15)16)18-14(17)19-6-8-22-9-7-19/h2-5H,6-9H2,1H3/b18-14+. The number of rotatable bonds is 3. The fourth-order valence-corrected chi connectivity index (χ4v) is 4.06. The molecule has 1 aliphatic heterocycles. The maximum atomic E-state index is 12.7. The molecule has 0 radical (unpaired) electrons. The van der Waals surface area contributed by atoms with Gasteiger partial charge in [0.25, 0.3) is 0 Å². The van der Waals surface area contributed by atoms with Crippen molar-refractivity contribution >= 4 is 49.9 Å². The van der Waals surface area contributed by atoms with Crippen LogP contribution in [0.3, 0.4) is 0 Å². The Morgan fingerprint density at radius 3 is 2.22 bits per heavy atom. The number of sulfone groups is 1. The third-order valence-electron chi connectivity index (χ3n) is 3.21. The predicted molar refractivity (Wildman–Crippen MR) is 92.8 cm³/mol. The highest BCUT2D eigenvalue weighted by atomic mass is 35.5. The molecule has 2 rings (SSSR count). The number of aryl methyl sites for hydroxylation is 1. The minimum atomic E-state index is -3.96. The lowest BCUT2D eigenvalue weighted by Gasteiger charge is -2.26. The van der Waals surface area contributed by atoms with Crippen molar-refractivity contribution < 1.29 is 13.2 Å². The second-order valence-electron chi connectivity index (χ2n) is 4.86. The van der Waals surface area contributed by atoms with Crippen LogP contribution in [0, 0.1) is 6.92 Å². The van der Waals surface area contributed by atoms with Gasteiger partial charge < -0.3 is 9.64 Å². The van der Waals surface area contributed by atoms with Crippen molar-refractivity contribution in [2.45, 2.75) is 11.8 Å². The summed E-state index contributed by atoms with van der Waals surface area (Å²) in [6.45, 7) is 3.86. The predicted octanol–water partition coefficient (Wildman–Crippen LogP) is 3.30. The van der Waals surface area contributed by atoms with Gasteiger partial charge in [-0.25, -0.2) is 13.4 Å². The third-order valence-corrected chi connectivity index (χ3v) is 5.82. The van der Waals surface area contributed by atoms with E-state index in [4.69, 9.17) is 39.5 Å². The van der Waals surface area contributed by atoms with Gasteiger partial charge >= 0.3 is 0 Å². The molecular weight excluding hydrogens is 383 g/mol. The lowest BCUT2D eigenvalue weighted by molar-refractivity contribution is 0.0692. The van der Waals surface area contributed by atoms with E-state index in [1.54, 1.807) is 17.0 Å². The maximum Gasteiger partial charge on any atom is 0.226 e. The lowest BCUT2D eigenvalue weighted by Crippen LogP contribution is -2.38. The molecule has 1 aromatic rings. The van der Waals surface area contributed by atoms with Gasteiger partial charge in [0.15, 0.2) is 10.3 Å². The van der Waals surface area contributed by atoms with Crippen molar-refractivity contribution in [2.24, 2.45) is 4.99 Å². The van der Waals surface area contributed by atoms with E-state index >= 15 is 0 Å². The largest absolute Gasteiger partial charge is 0.378 e. The van der Waals surface area contributed by atoms with Crippen LogP contribution >= 0.6 is 34.8 Å². The molecule has 1 fully saturated rings. The number of morpholine rings is 1. The normalized spacial score (nSPS) is 16.3. The van der Waals surface area contributed by atoms with Gasteiger partial charge in [0.2, 0.25) is 9.84 Å². The molecule has 0 atom stereocenters. The van der Waals surface area contributed by atoms with E-state index in [0.717, 1.165) is 5.56 Å². The Balaban J connectivity index is 2.38. The Hall–Kier alpha value is -0.790. The number of hydrogen-bond donors (Lipinski definition) is 0. The minimum absolute atomic E-state index is 0.0118. The van der Waals surface area contributed by atoms with E-state index in [9.17, 15) is 8.42 Å². The topological polar surface area (TPSA) is 59.0 Å². The molecule has 0 N–H and O–H groups in total. The average Bonchev–Trinajstić information content (AvgIpc) is 2.53. The number of ether oxygens (including phenoxy) is 1. The summed E-state index contributed by atoms with van der Waals surface area (Å²) in [4.78, 5) is 5.70. The molecule has 0 bridgehead atoms. The first-order chi connectivity index (χ1) is 10.8. The molecule has 1 aliphatic rings. The molecule has 0 saturated carbocycles. The Bertz CT molecular complexity index is 720. The zero-order chi connectivity index (χ0) is 17.0. The van der Waals surface area contributed by atoms with Crippen LogP contribution < -0.4 is 0 Å². The zero-order valence-electron chi connectivity index (χ0n) is 12.3. The minimum Gasteiger partial charge on any atom is -0.378 e. The summed E-state index contributed by atoms with van der Waals surface area (Å²) >= 11 is 17.6. The van der Waals surface area contributed by atoms with Gasteiger partial charge in [-0.05, 0) is 30.7 Å². The molecule has 1 saturated heterocycles. The molecule has 0 aromatic heterocycles. The molecule has 23 heavy (non-hydrogen) atoms. The first-order valence-corrected chi connectivity index (χ1v) is 9.38. The van der Waals surface area contributed by atoms with E-state index in [1.807, 2.05) is 6.92 Å². The van der Waals surface area contributed by atoms with Crippen LogP contribution in [0.1, 0.15) is 5.56 Å². The van der Waals surface area contributed by atoms with Crippen LogP contribution in [0.5, 0.6) is 0 Å². The molecule has 0 unspecified atom stereocenters. The van der Waals surface area contributed by atoms with E-state index in [2.05, 4.69) is 4.99 Å². The Morgan fingerprint density at radius 1 is 1.13 bits per heavy atom. The summed E-state index contributed by atoms with van der Waals surface area (Å²) in [5, 5.41) is -0.459. The van der Waals surface area contributed by atoms with E-state index in [1.165, 1.54) is 12.1 Å². The summed E-state index contributed by atoms with van der Waals surface area (Å²) in [6, 6.07) is 6.30. The van der Waals surface area contributed by atoms with E-state index in [0.29, 0.717) is 26.3 Å². The van der Waals surface area contributed by atoms with Crippen molar-refractivity contribution in [3.8, 4) is 0 Å². The second kappa shape index (κ2) is 7.85.